The number of nitrogens with one attached hydrogen (secondary N) is 1. The van der Waals surface area contributed by atoms with E-state index in [1.807, 2.05) is 50.2 Å². The minimum absolute atomic E-state index is 0.214. The first kappa shape index (κ1) is 23.6. The van der Waals surface area contributed by atoms with Crippen molar-refractivity contribution < 1.29 is 9.21 Å². The smallest absolute Gasteiger partial charge is 0.255 e. The SMILES string of the molecule is CC(C)CNC(=O)c1c(-c2ccc(/C(C#N)=C/c3ccc(Cl)cc3)cc2)oc2ccc(Cl)cc12. The Hall–Kier alpha value is -3.52. The van der Waals surface area contributed by atoms with Crippen LogP contribution >= 0.6 is 23.2 Å². The zero-order chi connectivity index (χ0) is 24.2. The second-order valence-electron chi connectivity index (χ2n) is 8.35. The van der Waals surface area contributed by atoms with E-state index in [1.165, 1.54) is 0 Å². The van der Waals surface area contributed by atoms with Crippen molar-refractivity contribution in [2.45, 2.75) is 13.8 Å². The molecule has 4 nitrogen and oxygen atoms in total. The summed E-state index contributed by atoms with van der Waals surface area (Å²) in [6.07, 6.45) is 1.80. The molecule has 1 N–H and O–H groups in total. The summed E-state index contributed by atoms with van der Waals surface area (Å²) in [6, 6.07) is 22.1. The van der Waals surface area contributed by atoms with Crippen molar-refractivity contribution >= 4 is 51.7 Å². The van der Waals surface area contributed by atoms with Gasteiger partial charge in [0.05, 0.1) is 17.2 Å². The van der Waals surface area contributed by atoms with Gasteiger partial charge in [-0.05, 0) is 53.5 Å². The monoisotopic (exact) mass is 488 g/mol. The van der Waals surface area contributed by atoms with Crippen LogP contribution in [0.15, 0.2) is 71.1 Å². The number of hydrogen-bond acceptors (Lipinski definition) is 3. The van der Waals surface area contributed by atoms with Crippen LogP contribution in [0.5, 0.6) is 0 Å². The lowest BCUT2D eigenvalue weighted by atomic mass is 9.99. The molecule has 1 heterocycles. The van der Waals surface area contributed by atoms with Gasteiger partial charge in [0.15, 0.2) is 0 Å². The summed E-state index contributed by atoms with van der Waals surface area (Å²) in [5.74, 6) is 0.560. The molecule has 0 atom stereocenters. The van der Waals surface area contributed by atoms with Crippen LogP contribution in [0.2, 0.25) is 10.0 Å². The Bertz CT molecular complexity index is 1410. The van der Waals surface area contributed by atoms with Crippen molar-refractivity contribution in [1.82, 2.24) is 5.32 Å². The molecule has 1 amide bonds. The van der Waals surface area contributed by atoms with Crippen molar-refractivity contribution in [3.63, 3.8) is 0 Å². The number of carbonyl (C=O) groups excluding carboxylic acids is 1. The topological polar surface area (TPSA) is 66.0 Å². The van der Waals surface area contributed by atoms with Crippen LogP contribution in [0.1, 0.15) is 35.3 Å². The fraction of sp³-hybridized carbons (Fsp3) is 0.143. The van der Waals surface area contributed by atoms with E-state index in [2.05, 4.69) is 11.4 Å². The van der Waals surface area contributed by atoms with E-state index in [-0.39, 0.29) is 5.91 Å². The summed E-state index contributed by atoms with van der Waals surface area (Å²) >= 11 is 12.2. The van der Waals surface area contributed by atoms with Crippen LogP contribution in [0.4, 0.5) is 0 Å². The predicted octanol–water partition coefficient (Wildman–Crippen LogP) is 7.86. The number of benzene rings is 3. The average Bonchev–Trinajstić information content (AvgIpc) is 3.21. The molecule has 0 bridgehead atoms. The number of furan rings is 1. The zero-order valence-corrected chi connectivity index (χ0v) is 20.2. The molecule has 0 aliphatic heterocycles. The van der Waals surface area contributed by atoms with E-state index >= 15 is 0 Å². The number of hydrogen-bond donors (Lipinski definition) is 1. The van der Waals surface area contributed by atoms with Crippen molar-refractivity contribution in [3.05, 3.63) is 93.5 Å². The summed E-state index contributed by atoms with van der Waals surface area (Å²) in [5.41, 5.74) is 3.91. The molecule has 0 saturated carbocycles. The van der Waals surface area contributed by atoms with Gasteiger partial charge in [-0.25, -0.2) is 0 Å². The van der Waals surface area contributed by atoms with Gasteiger partial charge in [0.1, 0.15) is 11.3 Å². The first-order valence-corrected chi connectivity index (χ1v) is 11.6. The highest BCUT2D eigenvalue weighted by Crippen LogP contribution is 2.35. The molecule has 0 saturated heterocycles. The fourth-order valence-electron chi connectivity index (χ4n) is 3.59. The van der Waals surface area contributed by atoms with Gasteiger partial charge in [-0.15, -0.1) is 0 Å². The summed E-state index contributed by atoms with van der Waals surface area (Å²) in [6.45, 7) is 4.62. The maximum atomic E-state index is 13.1. The standard InChI is InChI=1S/C28H22Cl2N2O2/c1-17(2)16-32-28(33)26-24-14-23(30)11-12-25(24)34-27(26)20-7-5-19(6-8-20)21(15-31)13-18-3-9-22(29)10-4-18/h3-14,17H,16H2,1-2H3,(H,32,33)/b21-13+. The lowest BCUT2D eigenvalue weighted by Gasteiger charge is -2.09. The van der Waals surface area contributed by atoms with Gasteiger partial charge in [-0.1, -0.05) is 73.4 Å². The highest BCUT2D eigenvalue weighted by Gasteiger charge is 2.22. The van der Waals surface area contributed by atoms with Crippen LogP contribution in [-0.2, 0) is 0 Å². The number of allylic oxidation sites excluding steroid dienone is 1. The van der Waals surface area contributed by atoms with Crippen molar-refractivity contribution in [2.24, 2.45) is 5.92 Å². The summed E-state index contributed by atoms with van der Waals surface area (Å²) in [5, 5.41) is 14.5. The Kier molecular flexibility index (Phi) is 7.07. The number of halogens is 2. The molecular weight excluding hydrogens is 467 g/mol. The molecule has 0 spiro atoms. The van der Waals surface area contributed by atoms with E-state index in [9.17, 15) is 10.1 Å². The third-order valence-electron chi connectivity index (χ3n) is 5.31. The molecule has 6 heteroatoms. The maximum absolute atomic E-state index is 13.1. The van der Waals surface area contributed by atoms with Crippen LogP contribution in [0.25, 0.3) is 33.9 Å². The Morgan fingerprint density at radius 1 is 1.03 bits per heavy atom. The lowest BCUT2D eigenvalue weighted by Crippen LogP contribution is -2.27. The zero-order valence-electron chi connectivity index (χ0n) is 18.7. The van der Waals surface area contributed by atoms with Crippen molar-refractivity contribution in [1.29, 1.82) is 5.26 Å². The van der Waals surface area contributed by atoms with Crippen molar-refractivity contribution in [3.8, 4) is 17.4 Å². The molecule has 0 fully saturated rings. The molecule has 4 rings (SSSR count). The third-order valence-corrected chi connectivity index (χ3v) is 5.79. The Labute approximate surface area is 208 Å². The first-order valence-electron chi connectivity index (χ1n) is 10.8. The normalized spacial score (nSPS) is 11.6. The van der Waals surface area contributed by atoms with Gasteiger partial charge in [0, 0.05) is 27.5 Å². The number of nitriles is 1. The summed E-state index contributed by atoms with van der Waals surface area (Å²) in [7, 11) is 0. The molecule has 0 aliphatic rings. The van der Waals surface area contributed by atoms with Crippen LogP contribution in [-0.4, -0.2) is 12.5 Å². The van der Waals surface area contributed by atoms with E-state index in [0.29, 0.717) is 50.4 Å². The van der Waals surface area contributed by atoms with E-state index < -0.39 is 0 Å². The quantitative estimate of drug-likeness (QED) is 0.222. The lowest BCUT2D eigenvalue weighted by molar-refractivity contribution is 0.0950. The maximum Gasteiger partial charge on any atom is 0.255 e. The number of fused-ring (bicyclic) bond motifs is 1. The van der Waals surface area contributed by atoms with E-state index in [1.54, 1.807) is 36.4 Å². The highest BCUT2D eigenvalue weighted by molar-refractivity contribution is 6.31. The first-order chi connectivity index (χ1) is 16.4. The second kappa shape index (κ2) is 10.2. The molecule has 170 valence electrons. The molecule has 4 aromatic rings. The van der Waals surface area contributed by atoms with Gasteiger partial charge in [-0.2, -0.15) is 5.26 Å². The van der Waals surface area contributed by atoms with Gasteiger partial charge < -0.3 is 9.73 Å². The third kappa shape index (κ3) is 5.17. The van der Waals surface area contributed by atoms with Crippen molar-refractivity contribution in [2.75, 3.05) is 6.54 Å². The number of rotatable bonds is 6. The predicted molar refractivity (Wildman–Crippen MR) is 139 cm³/mol. The van der Waals surface area contributed by atoms with Gasteiger partial charge >= 0.3 is 0 Å². The molecular formula is C28H22Cl2N2O2. The Balaban J connectivity index is 1.73. The Morgan fingerprint density at radius 2 is 1.71 bits per heavy atom. The molecule has 34 heavy (non-hydrogen) atoms. The highest BCUT2D eigenvalue weighted by atomic mass is 35.5. The Morgan fingerprint density at radius 3 is 2.35 bits per heavy atom. The molecule has 1 aromatic heterocycles. The number of amides is 1. The number of nitrogens with zero attached hydrogens (tertiary/aromatic N) is 1. The summed E-state index contributed by atoms with van der Waals surface area (Å²) in [4.78, 5) is 13.1. The van der Waals surface area contributed by atoms with Gasteiger partial charge in [-0.3, -0.25) is 4.79 Å². The molecule has 0 radical (unpaired) electrons. The molecule has 3 aromatic carbocycles. The average molecular weight is 489 g/mol. The van der Waals surface area contributed by atoms with Gasteiger partial charge in [0.25, 0.3) is 5.91 Å². The van der Waals surface area contributed by atoms with Gasteiger partial charge in [0.2, 0.25) is 0 Å². The number of carbonyl (C=O) groups is 1. The fourth-order valence-corrected chi connectivity index (χ4v) is 3.89. The van der Waals surface area contributed by atoms with Crippen LogP contribution in [0.3, 0.4) is 0 Å². The molecule has 0 aliphatic carbocycles. The minimum atomic E-state index is -0.214. The van der Waals surface area contributed by atoms with Crippen LogP contribution < -0.4 is 5.32 Å². The molecule has 0 unspecified atom stereocenters. The van der Waals surface area contributed by atoms with Crippen LogP contribution in [0, 0.1) is 17.2 Å². The second-order valence-corrected chi connectivity index (χ2v) is 9.22. The summed E-state index contributed by atoms with van der Waals surface area (Å²) < 4.78 is 6.09. The minimum Gasteiger partial charge on any atom is -0.455 e. The van der Waals surface area contributed by atoms with E-state index in [0.717, 1.165) is 16.7 Å². The van der Waals surface area contributed by atoms with E-state index in [4.69, 9.17) is 27.6 Å². The largest absolute Gasteiger partial charge is 0.455 e.